The Morgan fingerprint density at radius 1 is 1.38 bits per heavy atom. The monoisotopic (exact) mass is 322 g/mol. The van der Waals surface area contributed by atoms with E-state index in [2.05, 4.69) is 52.6 Å². The zero-order valence-corrected chi connectivity index (χ0v) is 14.0. The van der Waals surface area contributed by atoms with E-state index in [9.17, 15) is 0 Å². The fourth-order valence-electron chi connectivity index (χ4n) is 2.90. The van der Waals surface area contributed by atoms with Crippen molar-refractivity contribution < 1.29 is 4.74 Å². The van der Waals surface area contributed by atoms with Crippen LogP contribution in [0.3, 0.4) is 0 Å². The van der Waals surface area contributed by atoms with Gasteiger partial charge in [0.2, 0.25) is 0 Å². The Balaban J connectivity index is 1.48. The van der Waals surface area contributed by atoms with Gasteiger partial charge in [0.15, 0.2) is 0 Å². The number of nitrogens with zero attached hydrogens (tertiary/aromatic N) is 3. The van der Waals surface area contributed by atoms with Crippen LogP contribution in [0.2, 0.25) is 0 Å². The van der Waals surface area contributed by atoms with Gasteiger partial charge in [0.05, 0.1) is 25.5 Å². The molecular formula is C19H22N4O. The molecule has 1 aliphatic heterocycles. The molecule has 1 aliphatic carbocycles. The third-order valence-electron chi connectivity index (χ3n) is 4.43. The van der Waals surface area contributed by atoms with Gasteiger partial charge < -0.3 is 10.1 Å². The van der Waals surface area contributed by atoms with E-state index in [1.807, 2.05) is 10.9 Å². The molecule has 1 atom stereocenters. The van der Waals surface area contributed by atoms with Crippen LogP contribution >= 0.6 is 0 Å². The van der Waals surface area contributed by atoms with E-state index in [1.165, 1.54) is 18.4 Å². The van der Waals surface area contributed by atoms with E-state index >= 15 is 0 Å². The largest absolute Gasteiger partial charge is 0.374 e. The summed E-state index contributed by atoms with van der Waals surface area (Å²) in [6, 6.07) is 6.31. The quantitative estimate of drug-likeness (QED) is 0.878. The predicted octanol–water partition coefficient (Wildman–Crippen LogP) is 2.00. The molecule has 4 rings (SSSR count). The highest BCUT2D eigenvalue weighted by atomic mass is 16.5. The molecule has 0 radical (unpaired) electrons. The van der Waals surface area contributed by atoms with E-state index in [4.69, 9.17) is 4.74 Å². The van der Waals surface area contributed by atoms with Crippen molar-refractivity contribution in [3.8, 4) is 23.1 Å². The molecule has 124 valence electrons. The van der Waals surface area contributed by atoms with Crippen molar-refractivity contribution >= 4 is 0 Å². The van der Waals surface area contributed by atoms with Crippen LogP contribution in [0.25, 0.3) is 11.3 Å². The van der Waals surface area contributed by atoms with Crippen LogP contribution < -0.4 is 5.32 Å². The Hall–Kier alpha value is -2.16. The SMILES string of the molecule is Cc1cc(C#CC2CC2)ccc1-c1cn(C[C@H]2CNCCO2)nn1. The molecule has 2 aliphatic rings. The highest BCUT2D eigenvalue weighted by Gasteiger charge is 2.18. The van der Waals surface area contributed by atoms with Gasteiger partial charge in [0.25, 0.3) is 0 Å². The zero-order valence-electron chi connectivity index (χ0n) is 14.0. The summed E-state index contributed by atoms with van der Waals surface area (Å²) in [5.74, 6) is 7.20. The molecule has 1 saturated carbocycles. The molecule has 1 aromatic carbocycles. The fourth-order valence-corrected chi connectivity index (χ4v) is 2.90. The van der Waals surface area contributed by atoms with Crippen LogP contribution in [-0.2, 0) is 11.3 Å². The van der Waals surface area contributed by atoms with Crippen molar-refractivity contribution in [3.63, 3.8) is 0 Å². The Kier molecular flexibility index (Phi) is 4.33. The van der Waals surface area contributed by atoms with Crippen molar-refractivity contribution in [2.45, 2.75) is 32.4 Å². The van der Waals surface area contributed by atoms with Crippen LogP contribution in [0, 0.1) is 24.7 Å². The summed E-state index contributed by atoms with van der Waals surface area (Å²) >= 11 is 0. The van der Waals surface area contributed by atoms with Crippen LogP contribution in [0.1, 0.15) is 24.0 Å². The van der Waals surface area contributed by atoms with Gasteiger partial charge in [-0.15, -0.1) is 5.10 Å². The number of hydrogen-bond donors (Lipinski definition) is 1. The lowest BCUT2D eigenvalue weighted by Gasteiger charge is -2.23. The Bertz CT molecular complexity index is 776. The second kappa shape index (κ2) is 6.76. The molecule has 2 aromatic rings. The smallest absolute Gasteiger partial charge is 0.113 e. The van der Waals surface area contributed by atoms with Gasteiger partial charge >= 0.3 is 0 Å². The minimum Gasteiger partial charge on any atom is -0.374 e. The van der Waals surface area contributed by atoms with E-state index in [-0.39, 0.29) is 6.10 Å². The highest BCUT2D eigenvalue weighted by Crippen LogP contribution is 2.28. The summed E-state index contributed by atoms with van der Waals surface area (Å²) in [6.07, 6.45) is 4.67. The van der Waals surface area contributed by atoms with E-state index in [0.717, 1.165) is 43.1 Å². The highest BCUT2D eigenvalue weighted by molar-refractivity contribution is 5.64. The van der Waals surface area contributed by atoms with Gasteiger partial charge in [-0.1, -0.05) is 23.1 Å². The van der Waals surface area contributed by atoms with E-state index in [0.29, 0.717) is 5.92 Å². The molecule has 24 heavy (non-hydrogen) atoms. The van der Waals surface area contributed by atoms with Crippen LogP contribution in [-0.4, -0.2) is 40.8 Å². The number of rotatable bonds is 3. The lowest BCUT2D eigenvalue weighted by atomic mass is 10.0. The Labute approximate surface area is 142 Å². The molecular weight excluding hydrogens is 300 g/mol. The maximum Gasteiger partial charge on any atom is 0.113 e. The Morgan fingerprint density at radius 3 is 3.04 bits per heavy atom. The first-order chi connectivity index (χ1) is 11.8. The molecule has 0 bridgehead atoms. The molecule has 2 fully saturated rings. The van der Waals surface area contributed by atoms with Gasteiger partial charge in [-0.05, 0) is 37.5 Å². The number of benzene rings is 1. The van der Waals surface area contributed by atoms with Crippen molar-refractivity contribution in [3.05, 3.63) is 35.5 Å². The van der Waals surface area contributed by atoms with Gasteiger partial charge in [0.1, 0.15) is 5.69 Å². The molecule has 1 aromatic heterocycles. The molecule has 1 saturated heterocycles. The normalized spacial score (nSPS) is 20.5. The van der Waals surface area contributed by atoms with Gasteiger partial charge in [-0.2, -0.15) is 0 Å². The molecule has 0 spiro atoms. The summed E-state index contributed by atoms with van der Waals surface area (Å²) < 4.78 is 7.59. The number of hydrogen-bond acceptors (Lipinski definition) is 4. The fraction of sp³-hybridized carbons (Fsp3) is 0.474. The number of nitrogens with one attached hydrogen (secondary N) is 1. The third kappa shape index (κ3) is 3.66. The van der Waals surface area contributed by atoms with Crippen molar-refractivity contribution in [1.29, 1.82) is 0 Å². The van der Waals surface area contributed by atoms with Gasteiger partial charge in [-0.3, -0.25) is 0 Å². The molecule has 5 heteroatoms. The summed E-state index contributed by atoms with van der Waals surface area (Å²) in [5.41, 5.74) is 4.27. The molecule has 2 heterocycles. The number of aryl methyl sites for hydroxylation is 1. The summed E-state index contributed by atoms with van der Waals surface area (Å²) in [4.78, 5) is 0. The molecule has 0 unspecified atom stereocenters. The lowest BCUT2D eigenvalue weighted by Crippen LogP contribution is -2.40. The first-order valence-corrected chi connectivity index (χ1v) is 8.63. The van der Waals surface area contributed by atoms with Crippen LogP contribution in [0.4, 0.5) is 0 Å². The average molecular weight is 322 g/mol. The lowest BCUT2D eigenvalue weighted by molar-refractivity contribution is 0.0158. The van der Waals surface area contributed by atoms with Crippen LogP contribution in [0.15, 0.2) is 24.4 Å². The number of aromatic nitrogens is 3. The van der Waals surface area contributed by atoms with E-state index < -0.39 is 0 Å². The topological polar surface area (TPSA) is 52.0 Å². The minimum atomic E-state index is 0.162. The number of morpholine rings is 1. The third-order valence-corrected chi connectivity index (χ3v) is 4.43. The second-order valence-corrected chi connectivity index (χ2v) is 6.60. The van der Waals surface area contributed by atoms with Gasteiger partial charge in [0, 0.05) is 30.1 Å². The van der Waals surface area contributed by atoms with E-state index in [1.54, 1.807) is 0 Å². The summed E-state index contributed by atoms with van der Waals surface area (Å²) in [5, 5.41) is 11.9. The minimum absolute atomic E-state index is 0.162. The van der Waals surface area contributed by atoms with Crippen molar-refractivity contribution in [1.82, 2.24) is 20.3 Å². The first-order valence-electron chi connectivity index (χ1n) is 8.63. The molecule has 0 amide bonds. The maximum absolute atomic E-state index is 5.72. The summed E-state index contributed by atoms with van der Waals surface area (Å²) in [7, 11) is 0. The van der Waals surface area contributed by atoms with Gasteiger partial charge in [-0.25, -0.2) is 4.68 Å². The Morgan fingerprint density at radius 2 is 2.29 bits per heavy atom. The second-order valence-electron chi connectivity index (χ2n) is 6.60. The maximum atomic E-state index is 5.72. The standard InChI is InChI=1S/C19H22N4O/c1-14-10-16(5-4-15-2-3-15)6-7-18(14)19-13-23(22-21-19)12-17-11-20-8-9-24-17/h6-7,10,13,15,17,20H,2-3,8-9,11-12H2,1H3/t17-/m1/s1. The molecule has 5 nitrogen and oxygen atoms in total. The van der Waals surface area contributed by atoms with Crippen molar-refractivity contribution in [2.24, 2.45) is 5.92 Å². The predicted molar refractivity (Wildman–Crippen MR) is 92.4 cm³/mol. The molecule has 1 N–H and O–H groups in total. The number of ether oxygens (including phenoxy) is 1. The average Bonchev–Trinajstić information content (AvgIpc) is 3.32. The first kappa shape index (κ1) is 15.4. The van der Waals surface area contributed by atoms with Crippen LogP contribution in [0.5, 0.6) is 0 Å². The van der Waals surface area contributed by atoms with Crippen molar-refractivity contribution in [2.75, 3.05) is 19.7 Å². The summed E-state index contributed by atoms with van der Waals surface area (Å²) in [6.45, 7) is 5.38. The zero-order chi connectivity index (χ0) is 16.4.